The summed E-state index contributed by atoms with van der Waals surface area (Å²) in [6, 6.07) is 67.7. The molecule has 7 aromatic carbocycles. The van der Waals surface area contributed by atoms with Crippen LogP contribution in [0.25, 0.3) is 51.0 Å². The molecule has 8 aromatic rings. The summed E-state index contributed by atoms with van der Waals surface area (Å²) in [5.41, 5.74) is 11.9. The van der Waals surface area contributed by atoms with Gasteiger partial charge < -0.3 is 9.47 Å². The van der Waals surface area contributed by atoms with Crippen LogP contribution in [0.2, 0.25) is 0 Å². The van der Waals surface area contributed by atoms with Crippen molar-refractivity contribution >= 4 is 40.1 Å². The van der Waals surface area contributed by atoms with E-state index in [0.717, 1.165) is 23.5 Å². The maximum absolute atomic E-state index is 2.51. The first-order valence-electron chi connectivity index (χ1n) is 17.7. The van der Waals surface area contributed by atoms with Crippen molar-refractivity contribution in [2.24, 2.45) is 0 Å². The lowest BCUT2D eigenvalue weighted by atomic mass is 9.76. The van der Waals surface area contributed by atoms with Crippen LogP contribution >= 0.6 is 0 Å². The van der Waals surface area contributed by atoms with Gasteiger partial charge in [0.1, 0.15) is 0 Å². The van der Waals surface area contributed by atoms with E-state index >= 15 is 0 Å². The third-order valence-electron chi connectivity index (χ3n) is 10.4. The van der Waals surface area contributed by atoms with Crippen molar-refractivity contribution in [1.82, 2.24) is 4.57 Å². The zero-order valence-electron chi connectivity index (χ0n) is 28.7. The molecule has 1 aliphatic rings. The summed E-state index contributed by atoms with van der Waals surface area (Å²) in [6.45, 7) is 2.38. The number of para-hydroxylation sites is 3. The summed E-state index contributed by atoms with van der Waals surface area (Å²) in [7, 11) is 0. The highest BCUT2D eigenvalue weighted by Gasteiger charge is 2.27. The Bertz CT molecular complexity index is 2530. The molecule has 0 N–H and O–H groups in total. The number of benzene rings is 7. The van der Waals surface area contributed by atoms with Crippen LogP contribution in [0, 0.1) is 0 Å². The number of aromatic nitrogens is 1. The molecule has 0 radical (unpaired) electrons. The molecule has 0 bridgehead atoms. The second kappa shape index (κ2) is 12.8. The largest absolute Gasteiger partial charge is 0.310 e. The van der Waals surface area contributed by atoms with Crippen molar-refractivity contribution in [1.29, 1.82) is 0 Å². The molecule has 244 valence electrons. The Labute approximate surface area is 299 Å². The summed E-state index contributed by atoms with van der Waals surface area (Å²) in [4.78, 5) is 2.34. The molecule has 9 rings (SSSR count). The van der Waals surface area contributed by atoms with Gasteiger partial charge in [0.15, 0.2) is 0 Å². The van der Waals surface area contributed by atoms with Gasteiger partial charge in [-0.25, -0.2) is 0 Å². The van der Waals surface area contributed by atoms with Crippen molar-refractivity contribution in [3.05, 3.63) is 204 Å². The number of nitrogens with zero attached hydrogens (tertiary/aromatic N) is 2. The van der Waals surface area contributed by atoms with Crippen molar-refractivity contribution < 1.29 is 0 Å². The van der Waals surface area contributed by atoms with Crippen LogP contribution in [0.3, 0.4) is 0 Å². The van der Waals surface area contributed by atoms with E-state index in [1.165, 1.54) is 55.0 Å². The van der Waals surface area contributed by atoms with Gasteiger partial charge in [0.25, 0.3) is 0 Å². The van der Waals surface area contributed by atoms with E-state index in [4.69, 9.17) is 0 Å². The highest BCUT2D eigenvalue weighted by Crippen LogP contribution is 2.37. The van der Waals surface area contributed by atoms with Crippen LogP contribution in [-0.2, 0) is 5.41 Å². The highest BCUT2D eigenvalue weighted by atomic mass is 15.1. The van der Waals surface area contributed by atoms with E-state index < -0.39 is 0 Å². The first-order valence-corrected chi connectivity index (χ1v) is 17.7. The van der Waals surface area contributed by atoms with Gasteiger partial charge in [0, 0.05) is 44.1 Å². The van der Waals surface area contributed by atoms with E-state index in [-0.39, 0.29) is 5.41 Å². The maximum Gasteiger partial charge on any atom is 0.0561 e. The first kappa shape index (κ1) is 30.7. The maximum atomic E-state index is 2.51. The minimum atomic E-state index is -0.142. The number of hydrogen-bond acceptors (Lipinski definition) is 1. The average molecular weight is 655 g/mol. The Hall–Kier alpha value is -6.38. The number of hydrogen-bond donors (Lipinski definition) is 0. The fourth-order valence-corrected chi connectivity index (χ4v) is 7.69. The molecule has 1 heterocycles. The van der Waals surface area contributed by atoms with E-state index in [1.807, 2.05) is 0 Å². The van der Waals surface area contributed by atoms with Gasteiger partial charge in [-0.3, -0.25) is 0 Å². The van der Waals surface area contributed by atoms with Crippen LogP contribution in [0.1, 0.15) is 18.9 Å². The zero-order valence-corrected chi connectivity index (χ0v) is 28.7. The Morgan fingerprint density at radius 2 is 0.980 bits per heavy atom. The minimum Gasteiger partial charge on any atom is -0.310 e. The first-order chi connectivity index (χ1) is 25.1. The van der Waals surface area contributed by atoms with Crippen LogP contribution in [0.15, 0.2) is 188 Å². The minimum absolute atomic E-state index is 0.142. The van der Waals surface area contributed by atoms with E-state index in [2.05, 4.69) is 217 Å². The van der Waals surface area contributed by atoms with E-state index in [0.29, 0.717) is 0 Å². The summed E-state index contributed by atoms with van der Waals surface area (Å²) >= 11 is 0. The molecular weight excluding hydrogens is 617 g/mol. The SMILES string of the molecule is CC1(c2ccc(-c3ccc(-c4ccccc4)cc3)cc2)C=c2c(n(-c3ccccc3)c3cc(N(c4ccccc4)c4ccccc4)ccc23)=CC1. The molecule has 51 heavy (non-hydrogen) atoms. The Balaban J connectivity index is 1.14. The molecule has 2 nitrogen and oxygen atoms in total. The topological polar surface area (TPSA) is 8.17 Å². The lowest BCUT2D eigenvalue weighted by Gasteiger charge is -2.27. The van der Waals surface area contributed by atoms with E-state index in [9.17, 15) is 0 Å². The fourth-order valence-electron chi connectivity index (χ4n) is 7.69. The normalized spacial score (nSPS) is 15.1. The molecular formula is C49H38N2. The molecule has 1 unspecified atom stereocenters. The predicted octanol–water partition coefficient (Wildman–Crippen LogP) is 11.4. The summed E-state index contributed by atoms with van der Waals surface area (Å²) < 4.78 is 2.45. The zero-order chi connectivity index (χ0) is 34.2. The van der Waals surface area contributed by atoms with Gasteiger partial charge in [-0.2, -0.15) is 0 Å². The second-order valence-corrected chi connectivity index (χ2v) is 13.7. The Morgan fingerprint density at radius 1 is 0.490 bits per heavy atom. The van der Waals surface area contributed by atoms with Crippen LogP contribution < -0.4 is 15.5 Å². The van der Waals surface area contributed by atoms with Gasteiger partial charge in [-0.15, -0.1) is 0 Å². The van der Waals surface area contributed by atoms with Gasteiger partial charge >= 0.3 is 0 Å². The molecule has 0 fully saturated rings. The molecule has 0 aliphatic heterocycles. The molecule has 0 saturated carbocycles. The highest BCUT2D eigenvalue weighted by molar-refractivity contribution is 5.91. The van der Waals surface area contributed by atoms with E-state index in [1.54, 1.807) is 0 Å². The lowest BCUT2D eigenvalue weighted by molar-refractivity contribution is 0.652. The fraction of sp³-hybridized carbons (Fsp3) is 0.0612. The predicted molar refractivity (Wildman–Crippen MR) is 215 cm³/mol. The summed E-state index contributed by atoms with van der Waals surface area (Å²) in [6.07, 6.45) is 5.88. The average Bonchev–Trinajstić information content (AvgIpc) is 3.52. The van der Waals surface area contributed by atoms with Gasteiger partial charge in [0.05, 0.1) is 5.52 Å². The quantitative estimate of drug-likeness (QED) is 0.166. The molecule has 1 atom stereocenters. The number of rotatable bonds is 7. The molecule has 1 aromatic heterocycles. The number of fused-ring (bicyclic) bond motifs is 3. The van der Waals surface area contributed by atoms with Crippen molar-refractivity contribution in [2.75, 3.05) is 4.90 Å². The third kappa shape index (κ3) is 5.65. The standard InChI is InChI=1S/C49H38N2/c1-49(40-28-26-39(27-29-40)38-24-22-37(23-25-38)36-14-6-2-7-15-36)33-32-47-46(35-49)45-31-30-44(34-48(45)51(47)43-20-12-5-13-21-43)50(41-16-8-3-9-17-41)42-18-10-4-11-19-42/h2-32,34-35H,33H2,1H3. The monoisotopic (exact) mass is 654 g/mol. The van der Waals surface area contributed by atoms with Crippen LogP contribution in [0.5, 0.6) is 0 Å². The Kier molecular flexibility index (Phi) is 7.71. The second-order valence-electron chi connectivity index (χ2n) is 13.7. The van der Waals surface area contributed by atoms with Crippen molar-refractivity contribution in [2.45, 2.75) is 18.8 Å². The molecule has 1 aliphatic carbocycles. The smallest absolute Gasteiger partial charge is 0.0561 e. The lowest BCUT2D eigenvalue weighted by Crippen LogP contribution is -2.36. The van der Waals surface area contributed by atoms with Crippen LogP contribution in [0.4, 0.5) is 17.1 Å². The summed E-state index contributed by atoms with van der Waals surface area (Å²) in [5, 5.41) is 3.81. The molecule has 0 amide bonds. The molecule has 0 spiro atoms. The molecule has 2 heteroatoms. The number of anilines is 3. The van der Waals surface area contributed by atoms with Gasteiger partial charge in [0.2, 0.25) is 0 Å². The summed E-state index contributed by atoms with van der Waals surface area (Å²) in [5.74, 6) is 0. The van der Waals surface area contributed by atoms with Gasteiger partial charge in [-0.1, -0.05) is 159 Å². The van der Waals surface area contributed by atoms with Crippen molar-refractivity contribution in [3.8, 4) is 27.9 Å². The van der Waals surface area contributed by atoms with Crippen molar-refractivity contribution in [3.63, 3.8) is 0 Å². The third-order valence-corrected chi connectivity index (χ3v) is 10.4. The Morgan fingerprint density at radius 3 is 1.55 bits per heavy atom. The molecule has 0 saturated heterocycles. The van der Waals surface area contributed by atoms with Crippen LogP contribution in [-0.4, -0.2) is 4.57 Å². The van der Waals surface area contributed by atoms with Gasteiger partial charge in [-0.05, 0) is 82.8 Å².